The number of ether oxygens (including phenoxy) is 1. The molecule has 2 rings (SSSR count). The van der Waals surface area contributed by atoms with E-state index in [1.54, 1.807) is 6.07 Å². The molecule has 1 aliphatic carbocycles. The Labute approximate surface area is 119 Å². The molecule has 0 amide bonds. The fraction of sp³-hybridized carbons (Fsp3) is 0.600. The van der Waals surface area contributed by atoms with Gasteiger partial charge in [0.2, 0.25) is 0 Å². The largest absolute Gasteiger partial charge is 0.484 e. The first kappa shape index (κ1) is 14.8. The summed E-state index contributed by atoms with van der Waals surface area (Å²) in [7, 11) is 1.97. The van der Waals surface area contributed by atoms with Gasteiger partial charge in [0, 0.05) is 12.1 Å². The van der Waals surface area contributed by atoms with Crippen LogP contribution in [-0.4, -0.2) is 24.1 Å². The van der Waals surface area contributed by atoms with Crippen molar-refractivity contribution in [3.05, 3.63) is 33.9 Å². The number of rotatable bonds is 7. The fourth-order valence-electron chi connectivity index (χ4n) is 2.44. The number of hydrogen-bond acceptors (Lipinski definition) is 4. The summed E-state index contributed by atoms with van der Waals surface area (Å²) in [5.74, 6) is 1.11. The molecule has 1 fully saturated rings. The normalized spacial score (nSPS) is 16.2. The van der Waals surface area contributed by atoms with E-state index in [4.69, 9.17) is 4.74 Å². The molecule has 0 heterocycles. The van der Waals surface area contributed by atoms with Gasteiger partial charge in [0.25, 0.3) is 0 Å². The van der Waals surface area contributed by atoms with Crippen LogP contribution in [0.2, 0.25) is 0 Å². The Balaban J connectivity index is 2.19. The monoisotopic (exact) mass is 278 g/mol. The summed E-state index contributed by atoms with van der Waals surface area (Å²) in [4.78, 5) is 10.6. The first-order chi connectivity index (χ1) is 9.51. The van der Waals surface area contributed by atoms with Crippen LogP contribution < -0.4 is 10.1 Å². The second kappa shape index (κ2) is 6.22. The summed E-state index contributed by atoms with van der Waals surface area (Å²) in [5, 5.41) is 14.4. The topological polar surface area (TPSA) is 64.4 Å². The van der Waals surface area contributed by atoms with Gasteiger partial charge in [0.05, 0.1) is 11.0 Å². The predicted octanol–water partition coefficient (Wildman–Crippen LogP) is 2.92. The van der Waals surface area contributed by atoms with Crippen LogP contribution in [0.3, 0.4) is 0 Å². The molecule has 5 heteroatoms. The summed E-state index contributed by atoms with van der Waals surface area (Å²) in [6.07, 6.45) is 3.35. The van der Waals surface area contributed by atoms with Crippen molar-refractivity contribution >= 4 is 5.69 Å². The zero-order chi connectivity index (χ0) is 14.7. The van der Waals surface area contributed by atoms with Crippen molar-refractivity contribution in [2.24, 2.45) is 5.92 Å². The number of likely N-dealkylation sites (N-methyl/N-ethyl adjacent to an activating group) is 1. The third kappa shape index (κ3) is 3.70. The average Bonchev–Trinajstić information content (AvgIpc) is 3.19. The molecule has 0 aliphatic heterocycles. The van der Waals surface area contributed by atoms with Crippen molar-refractivity contribution < 1.29 is 9.66 Å². The molecule has 1 unspecified atom stereocenters. The molecule has 0 radical (unpaired) electrons. The van der Waals surface area contributed by atoms with Gasteiger partial charge in [0.1, 0.15) is 0 Å². The van der Waals surface area contributed by atoms with E-state index in [1.165, 1.54) is 12.8 Å². The lowest BCUT2D eigenvalue weighted by Crippen LogP contribution is -2.29. The minimum atomic E-state index is -0.391. The van der Waals surface area contributed by atoms with Gasteiger partial charge < -0.3 is 10.1 Å². The number of hydrogen-bond donors (Lipinski definition) is 1. The predicted molar refractivity (Wildman–Crippen MR) is 78.1 cm³/mol. The Hall–Kier alpha value is -1.62. The van der Waals surface area contributed by atoms with Gasteiger partial charge in [-0.2, -0.15) is 0 Å². The second-order valence-electron chi connectivity index (χ2n) is 5.66. The molecule has 110 valence electrons. The number of nitrogens with zero attached hydrogens (tertiary/aromatic N) is 1. The lowest BCUT2D eigenvalue weighted by Gasteiger charge is -2.16. The second-order valence-corrected chi connectivity index (χ2v) is 5.66. The summed E-state index contributed by atoms with van der Waals surface area (Å²) < 4.78 is 5.58. The summed E-state index contributed by atoms with van der Waals surface area (Å²) >= 11 is 0. The first-order valence-electron chi connectivity index (χ1n) is 7.12. The molecule has 1 saturated carbocycles. The maximum atomic E-state index is 11.0. The maximum Gasteiger partial charge on any atom is 0.310 e. The van der Waals surface area contributed by atoms with Crippen molar-refractivity contribution in [3.63, 3.8) is 0 Å². The van der Waals surface area contributed by atoms with Crippen LogP contribution >= 0.6 is 0 Å². The van der Waals surface area contributed by atoms with Gasteiger partial charge in [-0.1, -0.05) is 6.07 Å². The summed E-state index contributed by atoms with van der Waals surface area (Å²) in [5.41, 5.74) is 1.12. The molecular weight excluding hydrogens is 256 g/mol. The zero-order valence-electron chi connectivity index (χ0n) is 12.3. The van der Waals surface area contributed by atoms with Crippen LogP contribution in [0.15, 0.2) is 18.2 Å². The molecule has 0 saturated heterocycles. The van der Waals surface area contributed by atoms with Crippen LogP contribution in [0.4, 0.5) is 5.69 Å². The van der Waals surface area contributed by atoms with Gasteiger partial charge in [-0.3, -0.25) is 10.1 Å². The standard InChI is InChI=1S/C15H22N2O3/c1-10(2)20-15-9-11(4-7-14(15)17(18)19)8-13(16-3)12-5-6-12/h4,7,9-10,12-13,16H,5-6,8H2,1-3H3. The van der Waals surface area contributed by atoms with E-state index in [-0.39, 0.29) is 11.8 Å². The zero-order valence-corrected chi connectivity index (χ0v) is 12.3. The quantitative estimate of drug-likeness (QED) is 0.615. The Morgan fingerprint density at radius 2 is 2.15 bits per heavy atom. The fourth-order valence-corrected chi connectivity index (χ4v) is 2.44. The van der Waals surface area contributed by atoms with Crippen molar-refractivity contribution in [1.29, 1.82) is 0 Å². The number of nitro benzene ring substituents is 1. The highest BCUT2D eigenvalue weighted by atomic mass is 16.6. The SMILES string of the molecule is CNC(Cc1ccc([N+](=O)[O-])c(OC(C)C)c1)C1CC1. The minimum Gasteiger partial charge on any atom is -0.484 e. The van der Waals surface area contributed by atoms with Gasteiger partial charge >= 0.3 is 5.69 Å². The summed E-state index contributed by atoms with van der Waals surface area (Å²) in [6, 6.07) is 5.64. The van der Waals surface area contributed by atoms with Crippen LogP contribution in [0.1, 0.15) is 32.3 Å². The lowest BCUT2D eigenvalue weighted by atomic mass is 10.0. The number of nitrogens with one attached hydrogen (secondary N) is 1. The highest BCUT2D eigenvalue weighted by Crippen LogP contribution is 2.35. The number of benzene rings is 1. The Kier molecular flexibility index (Phi) is 4.60. The average molecular weight is 278 g/mol. The van der Waals surface area contributed by atoms with Crippen LogP contribution in [0, 0.1) is 16.0 Å². The van der Waals surface area contributed by atoms with Gasteiger partial charge in [0.15, 0.2) is 5.75 Å². The van der Waals surface area contributed by atoms with Crippen molar-refractivity contribution in [2.75, 3.05) is 7.05 Å². The molecule has 1 aromatic rings. The minimum absolute atomic E-state index is 0.0369. The Morgan fingerprint density at radius 1 is 1.45 bits per heavy atom. The Morgan fingerprint density at radius 3 is 2.65 bits per heavy atom. The van der Waals surface area contributed by atoms with Gasteiger partial charge in [-0.25, -0.2) is 0 Å². The highest BCUT2D eigenvalue weighted by molar-refractivity contribution is 5.48. The smallest absolute Gasteiger partial charge is 0.310 e. The van der Waals surface area contributed by atoms with Crippen molar-refractivity contribution in [2.45, 2.75) is 45.3 Å². The van der Waals surface area contributed by atoms with E-state index in [1.807, 2.05) is 33.0 Å². The molecule has 1 atom stereocenters. The van der Waals surface area contributed by atoms with Gasteiger partial charge in [-0.15, -0.1) is 0 Å². The molecule has 1 N–H and O–H groups in total. The maximum absolute atomic E-state index is 11.0. The van der Waals surface area contributed by atoms with E-state index < -0.39 is 4.92 Å². The van der Waals surface area contributed by atoms with Crippen molar-refractivity contribution in [3.8, 4) is 5.75 Å². The molecule has 20 heavy (non-hydrogen) atoms. The van der Waals surface area contributed by atoms with E-state index in [0.29, 0.717) is 11.8 Å². The van der Waals surface area contributed by atoms with Gasteiger partial charge in [-0.05, 0) is 57.7 Å². The van der Waals surface area contributed by atoms with Crippen LogP contribution in [-0.2, 0) is 6.42 Å². The molecule has 1 aromatic carbocycles. The van der Waals surface area contributed by atoms with E-state index >= 15 is 0 Å². The number of nitro groups is 1. The molecule has 0 bridgehead atoms. The molecule has 0 aromatic heterocycles. The van der Waals surface area contributed by atoms with E-state index in [9.17, 15) is 10.1 Å². The van der Waals surface area contributed by atoms with E-state index in [2.05, 4.69) is 5.32 Å². The van der Waals surface area contributed by atoms with Crippen molar-refractivity contribution in [1.82, 2.24) is 5.32 Å². The van der Waals surface area contributed by atoms with E-state index in [0.717, 1.165) is 17.9 Å². The molecular formula is C15H22N2O3. The molecule has 5 nitrogen and oxygen atoms in total. The third-order valence-electron chi connectivity index (χ3n) is 3.60. The molecule has 0 spiro atoms. The Bertz CT molecular complexity index is 484. The highest BCUT2D eigenvalue weighted by Gasteiger charge is 2.30. The lowest BCUT2D eigenvalue weighted by molar-refractivity contribution is -0.386. The van der Waals surface area contributed by atoms with Crippen LogP contribution in [0.25, 0.3) is 0 Å². The first-order valence-corrected chi connectivity index (χ1v) is 7.12. The molecule has 1 aliphatic rings. The van der Waals surface area contributed by atoms with Crippen LogP contribution in [0.5, 0.6) is 5.75 Å². The third-order valence-corrected chi connectivity index (χ3v) is 3.60. The summed E-state index contributed by atoms with van der Waals surface area (Å²) in [6.45, 7) is 3.74.